The predicted molar refractivity (Wildman–Crippen MR) is 109 cm³/mol. The highest BCUT2D eigenvalue weighted by Gasteiger charge is 2.29. The molecule has 1 N–H and O–H groups in total. The number of benzene rings is 2. The predicted octanol–water partition coefficient (Wildman–Crippen LogP) is 5.82. The Balaban J connectivity index is 1.79. The fourth-order valence-corrected chi connectivity index (χ4v) is 4.44. The maximum atomic E-state index is 5.20. The fraction of sp³-hybridized carbons (Fsp3) is 0.292. The van der Waals surface area contributed by atoms with Crippen LogP contribution in [0.1, 0.15) is 42.8 Å². The van der Waals surface area contributed by atoms with Crippen LogP contribution in [0.4, 0.5) is 0 Å². The summed E-state index contributed by atoms with van der Waals surface area (Å²) in [5, 5.41) is 2.75. The van der Waals surface area contributed by atoms with Crippen LogP contribution < -0.4 is 0 Å². The summed E-state index contributed by atoms with van der Waals surface area (Å²) in [5.41, 5.74) is 8.06. The number of aromatic nitrogens is 2. The molecule has 0 saturated heterocycles. The van der Waals surface area contributed by atoms with Crippen LogP contribution in [-0.2, 0) is 19.3 Å². The van der Waals surface area contributed by atoms with E-state index in [2.05, 4.69) is 73.4 Å². The normalized spacial score (nSPS) is 16.1. The van der Waals surface area contributed by atoms with Crippen LogP contribution in [0.5, 0.6) is 0 Å². The van der Waals surface area contributed by atoms with Crippen molar-refractivity contribution in [2.24, 2.45) is 5.41 Å². The largest absolute Gasteiger partial charge is 0.353 e. The number of aryl methyl sites for hydroxylation is 1. The SMILES string of the molecule is CC1(C)CCc2c(nc(Cc3ccccc3)c3[nH]c4ccccc4c23)C1. The summed E-state index contributed by atoms with van der Waals surface area (Å²) in [7, 11) is 0. The second kappa shape index (κ2) is 5.70. The molecule has 4 aromatic rings. The Morgan fingerprint density at radius 2 is 1.77 bits per heavy atom. The molecule has 1 aliphatic carbocycles. The van der Waals surface area contributed by atoms with Gasteiger partial charge in [0.15, 0.2) is 0 Å². The van der Waals surface area contributed by atoms with Crippen molar-refractivity contribution in [2.45, 2.75) is 39.5 Å². The standard InChI is InChI=1S/C24H24N2/c1-24(2)13-12-18-21(15-24)25-20(14-16-8-4-3-5-9-16)23-22(18)17-10-6-7-11-19(17)26-23/h3-11,26H,12-15H2,1-2H3. The van der Waals surface area contributed by atoms with Crippen molar-refractivity contribution in [2.75, 3.05) is 0 Å². The van der Waals surface area contributed by atoms with Gasteiger partial charge >= 0.3 is 0 Å². The van der Waals surface area contributed by atoms with E-state index in [1.165, 1.54) is 50.7 Å². The van der Waals surface area contributed by atoms with Gasteiger partial charge in [-0.15, -0.1) is 0 Å². The smallest absolute Gasteiger partial charge is 0.0691 e. The molecule has 0 saturated carbocycles. The molecule has 2 heteroatoms. The van der Waals surface area contributed by atoms with Crippen LogP contribution in [0, 0.1) is 5.41 Å². The van der Waals surface area contributed by atoms with E-state index in [1.54, 1.807) is 0 Å². The highest BCUT2D eigenvalue weighted by atomic mass is 14.8. The van der Waals surface area contributed by atoms with Gasteiger partial charge in [-0.1, -0.05) is 62.4 Å². The lowest BCUT2D eigenvalue weighted by Gasteiger charge is -2.31. The van der Waals surface area contributed by atoms with Crippen molar-refractivity contribution in [3.05, 3.63) is 77.1 Å². The quantitative estimate of drug-likeness (QED) is 0.489. The van der Waals surface area contributed by atoms with Gasteiger partial charge in [-0.2, -0.15) is 0 Å². The number of H-pyrrole nitrogens is 1. The second-order valence-corrected chi connectivity index (χ2v) is 8.41. The van der Waals surface area contributed by atoms with Crippen LogP contribution in [-0.4, -0.2) is 9.97 Å². The van der Waals surface area contributed by atoms with E-state index >= 15 is 0 Å². The number of pyridine rings is 1. The molecule has 0 aliphatic heterocycles. The Morgan fingerprint density at radius 1 is 1.00 bits per heavy atom. The zero-order valence-electron chi connectivity index (χ0n) is 15.5. The molecule has 2 heterocycles. The summed E-state index contributed by atoms with van der Waals surface area (Å²) in [6.45, 7) is 4.74. The Kier molecular flexibility index (Phi) is 3.43. The highest BCUT2D eigenvalue weighted by molar-refractivity contribution is 6.10. The molecular weight excluding hydrogens is 316 g/mol. The number of hydrogen-bond acceptors (Lipinski definition) is 1. The molecule has 0 amide bonds. The molecule has 130 valence electrons. The van der Waals surface area contributed by atoms with Crippen LogP contribution >= 0.6 is 0 Å². The zero-order valence-corrected chi connectivity index (χ0v) is 15.5. The number of nitrogens with one attached hydrogen (secondary N) is 1. The number of para-hydroxylation sites is 1. The van der Waals surface area contributed by atoms with Gasteiger partial charge < -0.3 is 4.98 Å². The van der Waals surface area contributed by atoms with E-state index in [-0.39, 0.29) is 0 Å². The van der Waals surface area contributed by atoms with Gasteiger partial charge in [0.05, 0.1) is 11.2 Å². The lowest BCUT2D eigenvalue weighted by Crippen LogP contribution is -2.24. The second-order valence-electron chi connectivity index (χ2n) is 8.41. The average molecular weight is 340 g/mol. The maximum absolute atomic E-state index is 5.20. The van der Waals surface area contributed by atoms with Gasteiger partial charge in [0.1, 0.15) is 0 Å². The Hall–Kier alpha value is -2.61. The van der Waals surface area contributed by atoms with Crippen molar-refractivity contribution in [3.63, 3.8) is 0 Å². The molecule has 0 bridgehead atoms. The van der Waals surface area contributed by atoms with Gasteiger partial charge in [0, 0.05) is 28.4 Å². The van der Waals surface area contributed by atoms with Gasteiger partial charge in [-0.05, 0) is 41.9 Å². The van der Waals surface area contributed by atoms with Gasteiger partial charge in [0.2, 0.25) is 0 Å². The molecule has 0 unspecified atom stereocenters. The topological polar surface area (TPSA) is 28.7 Å². The first-order valence-electron chi connectivity index (χ1n) is 9.56. The Labute approximate surface area is 154 Å². The summed E-state index contributed by atoms with van der Waals surface area (Å²) in [4.78, 5) is 8.87. The summed E-state index contributed by atoms with van der Waals surface area (Å²) < 4.78 is 0. The summed E-state index contributed by atoms with van der Waals surface area (Å²) >= 11 is 0. The van der Waals surface area contributed by atoms with Crippen molar-refractivity contribution in [1.82, 2.24) is 9.97 Å². The van der Waals surface area contributed by atoms with Crippen LogP contribution in [0.2, 0.25) is 0 Å². The first kappa shape index (κ1) is 15.6. The van der Waals surface area contributed by atoms with Crippen LogP contribution in [0.15, 0.2) is 54.6 Å². The molecule has 5 rings (SSSR count). The van der Waals surface area contributed by atoms with Crippen LogP contribution in [0.3, 0.4) is 0 Å². The lowest BCUT2D eigenvalue weighted by atomic mass is 9.75. The maximum Gasteiger partial charge on any atom is 0.0691 e. The monoisotopic (exact) mass is 340 g/mol. The minimum Gasteiger partial charge on any atom is -0.353 e. The van der Waals surface area contributed by atoms with Gasteiger partial charge in [0.25, 0.3) is 0 Å². The third-order valence-corrected chi connectivity index (χ3v) is 5.83. The van der Waals surface area contributed by atoms with E-state index < -0.39 is 0 Å². The van der Waals surface area contributed by atoms with Gasteiger partial charge in [-0.3, -0.25) is 4.98 Å². The number of aromatic amines is 1. The van der Waals surface area contributed by atoms with E-state index in [9.17, 15) is 0 Å². The third kappa shape index (κ3) is 2.52. The van der Waals surface area contributed by atoms with E-state index in [1.807, 2.05) is 0 Å². The zero-order chi connectivity index (χ0) is 17.7. The van der Waals surface area contributed by atoms with E-state index in [0.29, 0.717) is 5.41 Å². The molecule has 0 atom stereocenters. The first-order valence-corrected chi connectivity index (χ1v) is 9.56. The highest BCUT2D eigenvalue weighted by Crippen LogP contribution is 2.40. The minimum absolute atomic E-state index is 0.337. The summed E-state index contributed by atoms with van der Waals surface area (Å²) in [6, 6.07) is 19.4. The number of rotatable bonds is 2. The van der Waals surface area contributed by atoms with Crippen molar-refractivity contribution in [1.29, 1.82) is 0 Å². The number of hydrogen-bond donors (Lipinski definition) is 1. The van der Waals surface area contributed by atoms with Crippen molar-refractivity contribution in [3.8, 4) is 0 Å². The fourth-order valence-electron chi connectivity index (χ4n) is 4.44. The molecule has 2 aromatic heterocycles. The molecule has 0 radical (unpaired) electrons. The van der Waals surface area contributed by atoms with Gasteiger partial charge in [-0.25, -0.2) is 0 Å². The average Bonchev–Trinajstić information content (AvgIpc) is 3.02. The Morgan fingerprint density at radius 3 is 2.62 bits per heavy atom. The molecule has 26 heavy (non-hydrogen) atoms. The lowest BCUT2D eigenvalue weighted by molar-refractivity contribution is 0.311. The number of nitrogens with zero attached hydrogens (tertiary/aromatic N) is 1. The van der Waals surface area contributed by atoms with E-state index in [0.717, 1.165) is 19.3 Å². The molecule has 0 fully saturated rings. The molecule has 1 aliphatic rings. The van der Waals surface area contributed by atoms with Crippen molar-refractivity contribution < 1.29 is 0 Å². The van der Waals surface area contributed by atoms with Crippen molar-refractivity contribution >= 4 is 21.8 Å². The number of fused-ring (bicyclic) bond motifs is 5. The summed E-state index contributed by atoms with van der Waals surface area (Å²) in [5.74, 6) is 0. The molecular formula is C24H24N2. The molecule has 2 nitrogen and oxygen atoms in total. The Bertz CT molecular complexity index is 1100. The summed E-state index contributed by atoms with van der Waals surface area (Å²) in [6.07, 6.45) is 4.30. The minimum atomic E-state index is 0.337. The van der Waals surface area contributed by atoms with Crippen LogP contribution in [0.25, 0.3) is 21.8 Å². The first-order chi connectivity index (χ1) is 12.6. The van der Waals surface area contributed by atoms with E-state index in [4.69, 9.17) is 4.98 Å². The molecule has 2 aromatic carbocycles. The third-order valence-electron chi connectivity index (χ3n) is 5.83. The molecule has 0 spiro atoms.